The average Bonchev–Trinajstić information content (AvgIpc) is 1.96. The molecule has 1 aliphatic rings. The molecular formula is C10H18N2S. The molecule has 0 aromatic rings. The Balaban J connectivity index is 2.97. The molecule has 1 rings (SSSR count). The molecule has 0 aromatic heterocycles. The molecule has 1 aliphatic heterocycles. The first-order valence-corrected chi connectivity index (χ1v) is 5.19. The van der Waals surface area contributed by atoms with Crippen LogP contribution in [0.2, 0.25) is 0 Å². The van der Waals surface area contributed by atoms with E-state index in [1.54, 1.807) is 0 Å². The van der Waals surface area contributed by atoms with E-state index in [4.69, 9.17) is 0 Å². The quantitative estimate of drug-likeness (QED) is 0.475. The Bertz CT molecular complexity index is 223. The van der Waals surface area contributed by atoms with E-state index in [0.717, 1.165) is 0 Å². The van der Waals surface area contributed by atoms with Gasteiger partial charge in [0.15, 0.2) is 0 Å². The molecule has 2 nitrogen and oxygen atoms in total. The molecule has 0 bridgehead atoms. The summed E-state index contributed by atoms with van der Waals surface area (Å²) in [7, 11) is 0. The van der Waals surface area contributed by atoms with Crippen LogP contribution in [0.3, 0.4) is 0 Å². The number of isothiocyanates is 1. The van der Waals surface area contributed by atoms with Crippen LogP contribution in [0.25, 0.3) is 0 Å². The van der Waals surface area contributed by atoms with Gasteiger partial charge in [-0.1, -0.05) is 0 Å². The van der Waals surface area contributed by atoms with Crippen LogP contribution in [0, 0.1) is 0 Å². The molecule has 0 radical (unpaired) electrons. The zero-order valence-corrected chi connectivity index (χ0v) is 9.74. The van der Waals surface area contributed by atoms with Crippen LogP contribution in [0.5, 0.6) is 0 Å². The third-order valence-electron chi connectivity index (χ3n) is 2.86. The van der Waals surface area contributed by atoms with Crippen molar-refractivity contribution in [1.82, 2.24) is 5.01 Å². The van der Waals surface area contributed by atoms with E-state index in [1.165, 1.54) is 19.3 Å². The monoisotopic (exact) mass is 198 g/mol. The van der Waals surface area contributed by atoms with Gasteiger partial charge in [0.05, 0.1) is 16.2 Å². The Morgan fingerprint density at radius 1 is 1.15 bits per heavy atom. The van der Waals surface area contributed by atoms with Crippen molar-refractivity contribution in [3.8, 4) is 0 Å². The number of piperidine rings is 1. The first-order chi connectivity index (χ1) is 5.90. The molecule has 0 aromatic carbocycles. The number of hydrogen-bond donors (Lipinski definition) is 0. The highest BCUT2D eigenvalue weighted by Gasteiger charge is 2.40. The standard InChI is InChI=1S/C10H18N2S/c1-9(2)6-5-7-10(3,4)12(9)11-8-13/h5-7H2,1-4H3. The highest BCUT2D eigenvalue weighted by molar-refractivity contribution is 7.78. The zero-order chi connectivity index (χ0) is 10.1. The maximum Gasteiger partial charge on any atom is 0.0846 e. The molecule has 0 unspecified atom stereocenters. The zero-order valence-electron chi connectivity index (χ0n) is 8.92. The highest BCUT2D eigenvalue weighted by Crippen LogP contribution is 2.37. The molecular weight excluding hydrogens is 180 g/mol. The summed E-state index contributed by atoms with van der Waals surface area (Å²) in [6, 6.07) is 0. The lowest BCUT2D eigenvalue weighted by Crippen LogP contribution is -2.55. The van der Waals surface area contributed by atoms with Crippen LogP contribution >= 0.6 is 12.2 Å². The Morgan fingerprint density at radius 3 is 2.00 bits per heavy atom. The van der Waals surface area contributed by atoms with Gasteiger partial charge in [0, 0.05) is 0 Å². The molecule has 0 amide bonds. The molecule has 0 aliphatic carbocycles. The van der Waals surface area contributed by atoms with Crippen molar-refractivity contribution < 1.29 is 0 Å². The number of nitrogens with zero attached hydrogens (tertiary/aromatic N) is 2. The van der Waals surface area contributed by atoms with E-state index in [1.807, 2.05) is 0 Å². The predicted molar refractivity (Wildman–Crippen MR) is 58.9 cm³/mol. The molecule has 0 spiro atoms. The second kappa shape index (κ2) is 3.39. The first-order valence-electron chi connectivity index (χ1n) is 4.78. The molecule has 74 valence electrons. The van der Waals surface area contributed by atoms with E-state index in [9.17, 15) is 0 Å². The van der Waals surface area contributed by atoms with Crippen molar-refractivity contribution in [2.24, 2.45) is 5.10 Å². The van der Waals surface area contributed by atoms with E-state index in [2.05, 4.69) is 55.2 Å². The summed E-state index contributed by atoms with van der Waals surface area (Å²) in [4.78, 5) is 0. The summed E-state index contributed by atoms with van der Waals surface area (Å²) < 4.78 is 0. The van der Waals surface area contributed by atoms with Crippen molar-refractivity contribution in [2.75, 3.05) is 0 Å². The van der Waals surface area contributed by atoms with Crippen LogP contribution in [0.1, 0.15) is 47.0 Å². The Kier molecular flexibility index (Phi) is 2.79. The van der Waals surface area contributed by atoms with Crippen molar-refractivity contribution in [3.05, 3.63) is 0 Å². The normalized spacial score (nSPS) is 25.1. The van der Waals surface area contributed by atoms with Gasteiger partial charge in [0.2, 0.25) is 0 Å². The van der Waals surface area contributed by atoms with Gasteiger partial charge in [-0.25, -0.2) is 0 Å². The molecule has 3 heteroatoms. The van der Waals surface area contributed by atoms with Crippen LogP contribution < -0.4 is 0 Å². The van der Waals surface area contributed by atoms with Gasteiger partial charge in [-0.3, -0.25) is 5.01 Å². The van der Waals surface area contributed by atoms with Gasteiger partial charge < -0.3 is 0 Å². The summed E-state index contributed by atoms with van der Waals surface area (Å²) >= 11 is 4.68. The maximum absolute atomic E-state index is 4.68. The lowest BCUT2D eigenvalue weighted by atomic mass is 9.82. The molecule has 0 N–H and O–H groups in total. The predicted octanol–water partition coefficient (Wildman–Crippen LogP) is 3.05. The molecule has 0 saturated carbocycles. The smallest absolute Gasteiger partial charge is 0.0846 e. The lowest BCUT2D eigenvalue weighted by molar-refractivity contribution is -0.0237. The van der Waals surface area contributed by atoms with Gasteiger partial charge >= 0.3 is 0 Å². The maximum atomic E-state index is 4.68. The Hall–Kier alpha value is -0.400. The van der Waals surface area contributed by atoms with Gasteiger partial charge in [-0.15, -0.1) is 5.10 Å². The number of hydrazone groups is 1. The fourth-order valence-corrected chi connectivity index (χ4v) is 2.38. The fourth-order valence-electron chi connectivity index (χ4n) is 2.30. The molecule has 0 atom stereocenters. The number of thiocarbonyl (C=S) groups is 1. The lowest BCUT2D eigenvalue weighted by Gasteiger charge is -2.50. The van der Waals surface area contributed by atoms with E-state index in [-0.39, 0.29) is 11.1 Å². The van der Waals surface area contributed by atoms with E-state index in [0.29, 0.717) is 0 Å². The van der Waals surface area contributed by atoms with Gasteiger partial charge in [-0.2, -0.15) is 0 Å². The van der Waals surface area contributed by atoms with Crippen LogP contribution in [0.4, 0.5) is 0 Å². The van der Waals surface area contributed by atoms with Crippen molar-refractivity contribution in [1.29, 1.82) is 0 Å². The largest absolute Gasteiger partial charge is 0.277 e. The van der Waals surface area contributed by atoms with E-state index >= 15 is 0 Å². The van der Waals surface area contributed by atoms with Gasteiger partial charge in [0.1, 0.15) is 0 Å². The summed E-state index contributed by atoms with van der Waals surface area (Å²) in [6.07, 6.45) is 3.62. The first kappa shape index (κ1) is 10.7. The third kappa shape index (κ3) is 2.09. The molecule has 1 fully saturated rings. The summed E-state index contributed by atoms with van der Waals surface area (Å²) in [5.41, 5.74) is 0.237. The summed E-state index contributed by atoms with van der Waals surface area (Å²) in [6.45, 7) is 8.85. The summed E-state index contributed by atoms with van der Waals surface area (Å²) in [5, 5.41) is 8.78. The van der Waals surface area contributed by atoms with Crippen LogP contribution in [-0.2, 0) is 0 Å². The van der Waals surface area contributed by atoms with Crippen molar-refractivity contribution in [2.45, 2.75) is 58.0 Å². The van der Waals surface area contributed by atoms with Gasteiger partial charge in [-0.05, 0) is 59.2 Å². The minimum absolute atomic E-state index is 0.119. The minimum Gasteiger partial charge on any atom is -0.277 e. The van der Waals surface area contributed by atoms with Crippen molar-refractivity contribution in [3.63, 3.8) is 0 Å². The minimum atomic E-state index is 0.119. The summed E-state index contributed by atoms with van der Waals surface area (Å²) in [5.74, 6) is 0. The van der Waals surface area contributed by atoms with Crippen LogP contribution in [0.15, 0.2) is 5.10 Å². The van der Waals surface area contributed by atoms with Gasteiger partial charge in [0.25, 0.3) is 0 Å². The highest BCUT2D eigenvalue weighted by atomic mass is 32.1. The van der Waals surface area contributed by atoms with Crippen LogP contribution in [-0.4, -0.2) is 21.2 Å². The Morgan fingerprint density at radius 2 is 1.62 bits per heavy atom. The van der Waals surface area contributed by atoms with E-state index < -0.39 is 0 Å². The number of hydrogen-bond acceptors (Lipinski definition) is 3. The Labute approximate surface area is 86.0 Å². The van der Waals surface area contributed by atoms with Crippen molar-refractivity contribution >= 4 is 17.4 Å². The molecule has 13 heavy (non-hydrogen) atoms. The second-order valence-corrected chi connectivity index (χ2v) is 5.16. The third-order valence-corrected chi connectivity index (χ3v) is 2.95. The molecule has 1 saturated heterocycles. The topological polar surface area (TPSA) is 15.6 Å². The molecule has 1 heterocycles. The second-order valence-electron chi connectivity index (χ2n) is 4.98. The fraction of sp³-hybridized carbons (Fsp3) is 0.900. The average molecular weight is 198 g/mol. The number of rotatable bonds is 1. The SMILES string of the molecule is CC1(C)CCCC(C)(C)N1N=C=S.